The third-order valence-electron chi connectivity index (χ3n) is 3.98. The number of nitrogens with zero attached hydrogens (tertiary/aromatic N) is 5. The Kier molecular flexibility index (Phi) is 5.90. The molecule has 2 heterocycles. The van der Waals surface area contributed by atoms with Gasteiger partial charge in [0.1, 0.15) is 0 Å². The predicted molar refractivity (Wildman–Crippen MR) is 108 cm³/mol. The Hall–Kier alpha value is -2.38. The Labute approximate surface area is 163 Å². The molecule has 8 heteroatoms. The number of thiocarbonyl (C=S) groups is 1. The van der Waals surface area contributed by atoms with Crippen molar-refractivity contribution < 1.29 is 0 Å². The third kappa shape index (κ3) is 4.62. The maximum atomic E-state index is 5.92. The minimum Gasteiger partial charge on any atom is -0.346 e. The lowest BCUT2D eigenvalue weighted by atomic mass is 10.2. The van der Waals surface area contributed by atoms with E-state index in [1.165, 1.54) is 0 Å². The summed E-state index contributed by atoms with van der Waals surface area (Å²) in [5, 5.41) is 13.3. The molecule has 1 N–H and O–H groups in total. The van der Waals surface area contributed by atoms with Crippen LogP contribution in [0.5, 0.6) is 0 Å². The Bertz CT molecular complexity index is 870. The third-order valence-corrected chi connectivity index (χ3v) is 4.65. The molecule has 136 valence electrons. The number of aromatic nitrogens is 4. The highest BCUT2D eigenvalue weighted by Crippen LogP contribution is 2.12. The fourth-order valence-corrected chi connectivity index (χ4v) is 2.89. The summed E-state index contributed by atoms with van der Waals surface area (Å²) >= 11 is 11.4. The zero-order chi connectivity index (χ0) is 18.5. The minimum atomic E-state index is 0.616. The fraction of sp³-hybridized carbons (Fsp3) is 0.278. The van der Waals surface area contributed by atoms with Gasteiger partial charge in [0.25, 0.3) is 0 Å². The van der Waals surface area contributed by atoms with Gasteiger partial charge in [-0.3, -0.25) is 9.36 Å². The van der Waals surface area contributed by atoms with Gasteiger partial charge in [-0.15, -0.1) is 0 Å². The summed E-state index contributed by atoms with van der Waals surface area (Å²) in [6.07, 6.45) is 3.73. The largest absolute Gasteiger partial charge is 0.346 e. The molecule has 0 spiro atoms. The van der Waals surface area contributed by atoms with Gasteiger partial charge < -0.3 is 10.2 Å². The van der Waals surface area contributed by atoms with Crippen LogP contribution in [0.2, 0.25) is 5.02 Å². The number of hydrogen-bond donors (Lipinski definition) is 1. The second-order valence-electron chi connectivity index (χ2n) is 5.95. The lowest BCUT2D eigenvalue weighted by Gasteiger charge is -2.20. The van der Waals surface area contributed by atoms with Crippen molar-refractivity contribution in [3.63, 3.8) is 0 Å². The van der Waals surface area contributed by atoms with Crippen LogP contribution >= 0.6 is 23.8 Å². The van der Waals surface area contributed by atoms with Crippen molar-refractivity contribution in [2.24, 2.45) is 0 Å². The van der Waals surface area contributed by atoms with Crippen LogP contribution in [0, 0.1) is 0 Å². The Morgan fingerprint density at radius 3 is 2.73 bits per heavy atom. The number of hydrogen-bond acceptors (Lipinski definition) is 3. The van der Waals surface area contributed by atoms with Crippen LogP contribution in [0.25, 0.3) is 0 Å². The van der Waals surface area contributed by atoms with Gasteiger partial charge in [0.2, 0.25) is 0 Å². The molecule has 2 aromatic heterocycles. The van der Waals surface area contributed by atoms with Crippen LogP contribution in [-0.2, 0) is 19.6 Å². The molecule has 0 aliphatic carbocycles. The van der Waals surface area contributed by atoms with E-state index >= 15 is 0 Å². The average molecular weight is 389 g/mol. The van der Waals surface area contributed by atoms with Crippen molar-refractivity contribution >= 4 is 34.7 Å². The molecule has 0 radical (unpaired) electrons. The van der Waals surface area contributed by atoms with Gasteiger partial charge in [-0.25, -0.2) is 0 Å². The van der Waals surface area contributed by atoms with Gasteiger partial charge in [0, 0.05) is 37.1 Å². The van der Waals surface area contributed by atoms with Crippen LogP contribution in [0.1, 0.15) is 18.2 Å². The summed E-state index contributed by atoms with van der Waals surface area (Å²) in [6.45, 7) is 4.27. The van der Waals surface area contributed by atoms with Crippen molar-refractivity contribution in [1.29, 1.82) is 0 Å². The minimum absolute atomic E-state index is 0.616. The maximum absolute atomic E-state index is 5.92. The van der Waals surface area contributed by atoms with E-state index < -0.39 is 0 Å². The molecule has 0 aliphatic rings. The number of anilines is 1. The maximum Gasteiger partial charge on any atom is 0.174 e. The molecule has 6 nitrogen and oxygen atoms in total. The van der Waals surface area contributed by atoms with Crippen LogP contribution in [-0.4, -0.2) is 36.6 Å². The molecule has 1 aromatic carbocycles. The van der Waals surface area contributed by atoms with Crippen LogP contribution < -0.4 is 5.32 Å². The first-order valence-corrected chi connectivity index (χ1v) is 9.14. The summed E-state index contributed by atoms with van der Waals surface area (Å²) in [5.74, 6) is 0.722. The topological polar surface area (TPSA) is 50.9 Å². The van der Waals surface area contributed by atoms with E-state index in [2.05, 4.69) is 22.4 Å². The molecule has 26 heavy (non-hydrogen) atoms. The number of halogens is 1. The highest BCUT2D eigenvalue weighted by atomic mass is 35.5. The normalized spacial score (nSPS) is 10.7. The zero-order valence-electron chi connectivity index (χ0n) is 14.8. The molecular weight excluding hydrogens is 368 g/mol. The molecule has 0 aliphatic heterocycles. The van der Waals surface area contributed by atoms with Gasteiger partial charge in [0.05, 0.1) is 18.8 Å². The van der Waals surface area contributed by atoms with Gasteiger partial charge in [0.15, 0.2) is 10.9 Å². The summed E-state index contributed by atoms with van der Waals surface area (Å²) in [4.78, 5) is 1.97. The summed E-state index contributed by atoms with van der Waals surface area (Å²) < 4.78 is 3.82. The van der Waals surface area contributed by atoms with Gasteiger partial charge >= 0.3 is 0 Å². The number of aryl methyl sites for hydroxylation is 1. The second-order valence-corrected chi connectivity index (χ2v) is 6.77. The number of benzene rings is 1. The van der Waals surface area contributed by atoms with Gasteiger partial charge in [-0.1, -0.05) is 23.7 Å². The highest BCUT2D eigenvalue weighted by Gasteiger charge is 2.10. The molecule has 3 aromatic rings. The standard InChI is InChI=1S/C18H21ClN6S/c1-3-25-16(8-10-20-25)13-23(2)18(26)21-17-9-11-24(22-17)12-14-4-6-15(19)7-5-14/h4-11H,3,12-13H2,1-2H3,(H,21,22,26). The first-order valence-electron chi connectivity index (χ1n) is 8.36. The molecule has 0 saturated heterocycles. The van der Waals surface area contributed by atoms with Crippen molar-refractivity contribution in [3.05, 3.63) is 65.1 Å². The summed E-state index contributed by atoms with van der Waals surface area (Å²) in [5.41, 5.74) is 2.25. The second kappa shape index (κ2) is 8.33. The van der Waals surface area contributed by atoms with Crippen molar-refractivity contribution in [2.75, 3.05) is 12.4 Å². The lowest BCUT2D eigenvalue weighted by Crippen LogP contribution is -2.31. The predicted octanol–water partition coefficient (Wildman–Crippen LogP) is 3.63. The monoisotopic (exact) mass is 388 g/mol. The molecule has 0 atom stereocenters. The van der Waals surface area contributed by atoms with E-state index in [-0.39, 0.29) is 0 Å². The number of rotatable bonds is 6. The fourth-order valence-electron chi connectivity index (χ4n) is 2.59. The van der Waals surface area contributed by atoms with Crippen LogP contribution in [0.15, 0.2) is 48.8 Å². The molecule has 0 bridgehead atoms. The first-order chi connectivity index (χ1) is 12.5. The van der Waals surface area contributed by atoms with Gasteiger partial charge in [-0.2, -0.15) is 10.2 Å². The van der Waals surface area contributed by atoms with Crippen molar-refractivity contribution in [1.82, 2.24) is 24.5 Å². The molecule has 0 amide bonds. The first kappa shape index (κ1) is 18.4. The Morgan fingerprint density at radius 1 is 1.23 bits per heavy atom. The SMILES string of the molecule is CCn1nccc1CN(C)C(=S)Nc1ccn(Cc2ccc(Cl)cc2)n1. The zero-order valence-corrected chi connectivity index (χ0v) is 16.3. The summed E-state index contributed by atoms with van der Waals surface area (Å²) in [6, 6.07) is 11.7. The molecule has 0 unspecified atom stereocenters. The Balaban J connectivity index is 1.57. The Morgan fingerprint density at radius 2 is 2.00 bits per heavy atom. The highest BCUT2D eigenvalue weighted by molar-refractivity contribution is 7.80. The van der Waals surface area contributed by atoms with Crippen molar-refractivity contribution in [2.45, 2.75) is 26.6 Å². The van der Waals surface area contributed by atoms with E-state index in [9.17, 15) is 0 Å². The van der Waals surface area contributed by atoms with E-state index in [4.69, 9.17) is 23.8 Å². The van der Waals surface area contributed by atoms with Crippen LogP contribution in [0.4, 0.5) is 5.82 Å². The molecular formula is C18H21ClN6S. The van der Waals surface area contributed by atoms with E-state index in [0.29, 0.717) is 18.2 Å². The van der Waals surface area contributed by atoms with Gasteiger partial charge in [-0.05, 0) is 42.9 Å². The molecule has 0 saturated carbocycles. The molecule has 0 fully saturated rings. The van der Waals surface area contributed by atoms with E-state index in [1.807, 2.05) is 70.1 Å². The number of nitrogens with one attached hydrogen (secondary N) is 1. The summed E-state index contributed by atoms with van der Waals surface area (Å²) in [7, 11) is 1.95. The van der Waals surface area contributed by atoms with Crippen LogP contribution in [0.3, 0.4) is 0 Å². The van der Waals surface area contributed by atoms with Crippen molar-refractivity contribution in [3.8, 4) is 0 Å². The lowest BCUT2D eigenvalue weighted by molar-refractivity contribution is 0.471. The smallest absolute Gasteiger partial charge is 0.174 e. The average Bonchev–Trinajstić information content (AvgIpc) is 3.26. The molecule has 3 rings (SSSR count). The van der Waals surface area contributed by atoms with E-state index in [0.717, 1.165) is 28.6 Å². The van der Waals surface area contributed by atoms with E-state index in [1.54, 1.807) is 0 Å². The quantitative estimate of drug-likeness (QED) is 0.653.